The van der Waals surface area contributed by atoms with Gasteiger partial charge < -0.3 is 9.80 Å². The third-order valence-electron chi connectivity index (χ3n) is 10.0. The molecule has 16 heteroatoms. The molecule has 0 N–H and O–H groups in total. The largest absolute Gasteiger partial charge is 0.357 e. The van der Waals surface area contributed by atoms with Crippen LogP contribution < -0.4 is 32.3 Å². The van der Waals surface area contributed by atoms with E-state index in [1.54, 1.807) is 6.07 Å². The van der Waals surface area contributed by atoms with Crippen molar-refractivity contribution in [3.8, 4) is 0 Å². The van der Waals surface area contributed by atoms with Crippen molar-refractivity contribution in [2.45, 2.75) is 77.3 Å². The molecule has 0 saturated carbocycles. The molecule has 2 aliphatic heterocycles. The van der Waals surface area contributed by atoms with Crippen LogP contribution in [0, 0.1) is 17.8 Å². The average Bonchev–Trinajstić information content (AvgIpc) is 3.15. The number of aryl methyl sites for hydroxylation is 2. The van der Waals surface area contributed by atoms with E-state index in [1.165, 1.54) is 61.2 Å². The maximum Gasteiger partial charge on any atom is 0.347 e. The lowest BCUT2D eigenvalue weighted by molar-refractivity contribution is 0.359. The van der Waals surface area contributed by atoms with E-state index < -0.39 is 5.95 Å². The Labute approximate surface area is 311 Å². The van der Waals surface area contributed by atoms with Crippen LogP contribution >= 0.6 is 15.9 Å². The molecule has 282 valence electrons. The van der Waals surface area contributed by atoms with Crippen LogP contribution in [0.25, 0.3) is 0 Å². The number of pyridine rings is 2. The van der Waals surface area contributed by atoms with Crippen molar-refractivity contribution in [2.24, 2.45) is 25.9 Å². The van der Waals surface area contributed by atoms with Crippen molar-refractivity contribution in [1.82, 2.24) is 38.7 Å². The highest BCUT2D eigenvalue weighted by Crippen LogP contribution is 2.27. The molecule has 52 heavy (non-hydrogen) atoms. The predicted molar refractivity (Wildman–Crippen MR) is 203 cm³/mol. The maximum atomic E-state index is 13.2. The molecule has 2 fully saturated rings. The molecule has 0 spiro atoms. The van der Waals surface area contributed by atoms with E-state index in [2.05, 4.69) is 52.0 Å². The summed E-state index contributed by atoms with van der Waals surface area (Å²) in [4.78, 5) is 59.5. The molecule has 0 radical (unpaired) electrons. The number of rotatable bonds is 12. The zero-order chi connectivity index (χ0) is 37.0. The van der Waals surface area contributed by atoms with Crippen molar-refractivity contribution in [2.75, 3.05) is 36.0 Å². The number of nitrogens with zero attached hydrogens (tertiary/aromatic N) is 10. The second kappa shape index (κ2) is 18.9. The van der Waals surface area contributed by atoms with Gasteiger partial charge in [-0.05, 0) is 90.6 Å². The fraction of sp³-hybridized carbons (Fsp3) is 0.556. The van der Waals surface area contributed by atoms with E-state index in [0.717, 1.165) is 96.6 Å². The molecule has 0 bridgehead atoms. The molecule has 0 amide bonds. The Balaban J connectivity index is 0.000000232. The van der Waals surface area contributed by atoms with Crippen LogP contribution in [0.1, 0.15) is 65.6 Å². The molecule has 6 rings (SSSR count). The Morgan fingerprint density at radius 3 is 1.56 bits per heavy atom. The van der Waals surface area contributed by atoms with Gasteiger partial charge in [0.15, 0.2) is 0 Å². The molecule has 0 aromatic carbocycles. The molecule has 0 atom stereocenters. The molecule has 0 unspecified atom stereocenters. The van der Waals surface area contributed by atoms with Gasteiger partial charge in [-0.3, -0.25) is 18.7 Å². The third kappa shape index (κ3) is 10.8. The van der Waals surface area contributed by atoms with E-state index in [1.807, 2.05) is 18.2 Å². The summed E-state index contributed by atoms with van der Waals surface area (Å²) in [5, 5.41) is 7.83. The standard InChI is InChI=1S/C18H24BrN5O2.C18H24FN5O2.H2/c2*1-22-17(25)13-20-24(18(22)26)10-3-2-5-14-8-11-23(12-9-14)16-7-4-6-15(19)21-16;/h2*4,6-7,13-14H,2-3,5,8-12H2,1H3;1H/i;19-1;1+1. The minimum Gasteiger partial charge on any atom is -0.357 e. The van der Waals surface area contributed by atoms with Gasteiger partial charge >= 0.3 is 11.4 Å². The minimum atomic E-state index is -0.438. The molecule has 6 heterocycles. The van der Waals surface area contributed by atoms with Gasteiger partial charge in [-0.15, -0.1) is 0 Å². The summed E-state index contributed by atoms with van der Waals surface area (Å²) in [6.07, 6.45) is 13.0. The fourth-order valence-corrected chi connectivity index (χ4v) is 7.12. The molecule has 2 saturated heterocycles. The Hall–Kier alpha value is -4.47. The lowest BCUT2D eigenvalue weighted by Gasteiger charge is -2.33. The van der Waals surface area contributed by atoms with E-state index in [0.29, 0.717) is 24.8 Å². The Bertz CT molecular complexity index is 1860. The third-order valence-corrected chi connectivity index (χ3v) is 10.5. The summed E-state index contributed by atoms with van der Waals surface area (Å²) >= 11 is 3.43. The lowest BCUT2D eigenvalue weighted by Crippen LogP contribution is -2.39. The second-order valence-electron chi connectivity index (χ2n) is 13.6. The summed E-state index contributed by atoms with van der Waals surface area (Å²) in [6, 6.07) is 10.9. The van der Waals surface area contributed by atoms with Crippen LogP contribution in [0.15, 0.2) is 72.6 Å². The zero-order valence-corrected chi connectivity index (χ0v) is 31.5. The van der Waals surface area contributed by atoms with E-state index in [9.17, 15) is 23.6 Å². The average molecular weight is 786 g/mol. The van der Waals surface area contributed by atoms with Crippen LogP contribution in [0.2, 0.25) is 0 Å². The Kier molecular flexibility index (Phi) is 14.0. The van der Waals surface area contributed by atoms with Gasteiger partial charge in [0.2, 0.25) is 5.95 Å². The summed E-state index contributed by atoms with van der Waals surface area (Å²) in [5.74, 6) is 2.68. The van der Waals surface area contributed by atoms with Gasteiger partial charge in [0.25, 0.3) is 11.1 Å². The Morgan fingerprint density at radius 1 is 0.673 bits per heavy atom. The molecule has 14 nitrogen and oxygen atoms in total. The predicted octanol–water partition coefficient (Wildman–Crippen LogP) is 4.00. The van der Waals surface area contributed by atoms with Crippen LogP contribution in [0.4, 0.5) is 16.0 Å². The first-order chi connectivity index (χ1) is 25.1. The summed E-state index contributed by atoms with van der Waals surface area (Å²) in [7, 11) is 2.95. The van der Waals surface area contributed by atoms with Crippen molar-refractivity contribution in [3.63, 3.8) is 0 Å². The second-order valence-corrected chi connectivity index (χ2v) is 14.4. The highest BCUT2D eigenvalue weighted by Gasteiger charge is 2.21. The zero-order valence-electron chi connectivity index (χ0n) is 29.9. The topological polar surface area (TPSA) is 146 Å². The number of hydrogen-bond donors (Lipinski definition) is 0. The number of halogens is 2. The van der Waals surface area contributed by atoms with E-state index in [4.69, 9.17) is 0 Å². The SMILES string of the molecule is Cn1c(=O)cnn(CCCCC2CCN(c3cccc(Br)n3)CC2)c1=O.Cn1c(=O)cnn(CCCCC2CCN(c3cccc([18F])n3)CC2)c1=O.[2HH]. The quantitative estimate of drug-likeness (QED) is 0.153. The van der Waals surface area contributed by atoms with Crippen LogP contribution in [-0.2, 0) is 27.2 Å². The maximum absolute atomic E-state index is 13.2. The fourth-order valence-electron chi connectivity index (χ4n) is 6.79. The van der Waals surface area contributed by atoms with Crippen LogP contribution in [0.3, 0.4) is 0 Å². The normalized spacial score (nSPS) is 15.4. The van der Waals surface area contributed by atoms with Crippen molar-refractivity contribution in [1.29, 1.82) is 0 Å². The highest BCUT2D eigenvalue weighted by atomic mass is 79.9. The van der Waals surface area contributed by atoms with Gasteiger partial charge in [-0.1, -0.05) is 37.8 Å². The van der Waals surface area contributed by atoms with Gasteiger partial charge in [0.1, 0.15) is 28.6 Å². The van der Waals surface area contributed by atoms with Crippen molar-refractivity contribution >= 4 is 27.6 Å². The molecule has 0 aliphatic carbocycles. The van der Waals surface area contributed by atoms with Gasteiger partial charge in [0.05, 0.1) is 0 Å². The number of piperidine rings is 2. The van der Waals surface area contributed by atoms with Crippen molar-refractivity contribution < 1.29 is 5.82 Å². The first kappa shape index (κ1) is 38.8. The molecular weight excluding hydrogens is 734 g/mol. The smallest absolute Gasteiger partial charge is 0.347 e. The lowest BCUT2D eigenvalue weighted by atomic mass is 9.91. The van der Waals surface area contributed by atoms with Gasteiger partial charge in [0, 0.05) is 54.8 Å². The summed E-state index contributed by atoms with van der Waals surface area (Å²) < 4.78 is 19.0. The van der Waals surface area contributed by atoms with Gasteiger partial charge in [-0.25, -0.2) is 28.9 Å². The summed E-state index contributed by atoms with van der Waals surface area (Å²) in [6.45, 7) is 4.95. The van der Waals surface area contributed by atoms with E-state index >= 15 is 0 Å². The first-order valence-electron chi connectivity index (χ1n) is 18.1. The minimum absolute atomic E-state index is 0. The van der Waals surface area contributed by atoms with Crippen molar-refractivity contribution in [3.05, 3.63) is 101 Å². The van der Waals surface area contributed by atoms with Crippen LogP contribution in [0.5, 0.6) is 0 Å². The molecule has 2 aliphatic rings. The monoisotopic (exact) mass is 784 g/mol. The number of unbranched alkanes of at least 4 members (excludes halogenated alkanes) is 2. The first-order valence-corrected chi connectivity index (χ1v) is 18.9. The van der Waals surface area contributed by atoms with Gasteiger partial charge in [-0.2, -0.15) is 14.6 Å². The number of hydrogen-bond acceptors (Lipinski definition) is 10. The molecule has 4 aromatic rings. The molecular formula is C36H50BrFN10O4. The Morgan fingerprint density at radius 2 is 1.12 bits per heavy atom. The summed E-state index contributed by atoms with van der Waals surface area (Å²) in [5.41, 5.74) is -1.45. The van der Waals surface area contributed by atoms with E-state index in [-0.39, 0.29) is 23.9 Å². The molecule has 4 aromatic heterocycles. The highest BCUT2D eigenvalue weighted by molar-refractivity contribution is 9.10. The van der Waals surface area contributed by atoms with Crippen LogP contribution in [-0.4, -0.2) is 64.8 Å². The number of aromatic nitrogens is 8. The number of anilines is 2.